The van der Waals surface area contributed by atoms with Gasteiger partial charge in [0.05, 0.1) is 0 Å². The van der Waals surface area contributed by atoms with Crippen LogP contribution in [0.1, 0.15) is 25.7 Å². The standard InChI is InChI=1S/C7H14BrN/c8-7-3-1-6(5-9)2-4-7/h6-7H,1-5,9H2/t6-,7-. The molecule has 0 spiro atoms. The molecule has 2 N–H and O–H groups in total. The minimum atomic E-state index is 0.778. The molecule has 0 radical (unpaired) electrons. The van der Waals surface area contributed by atoms with Crippen LogP contribution >= 0.6 is 15.9 Å². The fourth-order valence-corrected chi connectivity index (χ4v) is 1.89. The van der Waals surface area contributed by atoms with Crippen molar-refractivity contribution in [3.63, 3.8) is 0 Å². The van der Waals surface area contributed by atoms with Crippen molar-refractivity contribution in [2.24, 2.45) is 11.7 Å². The van der Waals surface area contributed by atoms with Crippen molar-refractivity contribution in [2.75, 3.05) is 6.54 Å². The molecule has 0 amide bonds. The van der Waals surface area contributed by atoms with Gasteiger partial charge < -0.3 is 5.73 Å². The van der Waals surface area contributed by atoms with Crippen molar-refractivity contribution in [2.45, 2.75) is 30.5 Å². The van der Waals surface area contributed by atoms with E-state index in [4.69, 9.17) is 5.73 Å². The first-order chi connectivity index (χ1) is 4.33. The smallest absolute Gasteiger partial charge is 0.0146 e. The van der Waals surface area contributed by atoms with Crippen molar-refractivity contribution in [3.8, 4) is 0 Å². The Morgan fingerprint density at radius 2 is 1.78 bits per heavy atom. The zero-order valence-electron chi connectivity index (χ0n) is 5.65. The van der Waals surface area contributed by atoms with E-state index in [1.807, 2.05) is 0 Å². The van der Waals surface area contributed by atoms with Gasteiger partial charge in [-0.2, -0.15) is 0 Å². The van der Waals surface area contributed by atoms with Crippen LogP contribution in [-0.2, 0) is 0 Å². The number of hydrogen-bond acceptors (Lipinski definition) is 1. The van der Waals surface area contributed by atoms with E-state index in [1.165, 1.54) is 25.7 Å². The summed E-state index contributed by atoms with van der Waals surface area (Å²) < 4.78 is 0. The van der Waals surface area contributed by atoms with Crippen LogP contribution < -0.4 is 5.73 Å². The monoisotopic (exact) mass is 191 g/mol. The molecule has 2 heteroatoms. The molecule has 1 nitrogen and oxygen atoms in total. The van der Waals surface area contributed by atoms with Gasteiger partial charge in [-0.05, 0) is 38.1 Å². The second-order valence-electron chi connectivity index (χ2n) is 2.85. The predicted octanol–water partition coefficient (Wildman–Crippen LogP) is 1.90. The molecule has 0 aromatic carbocycles. The summed E-state index contributed by atoms with van der Waals surface area (Å²) in [4.78, 5) is 0.778. The van der Waals surface area contributed by atoms with E-state index in [0.717, 1.165) is 17.3 Å². The van der Waals surface area contributed by atoms with Crippen LogP contribution in [0.3, 0.4) is 0 Å². The average molecular weight is 192 g/mol. The lowest BCUT2D eigenvalue weighted by Gasteiger charge is -2.23. The fourth-order valence-electron chi connectivity index (χ4n) is 1.36. The van der Waals surface area contributed by atoms with E-state index in [2.05, 4.69) is 15.9 Å². The molecule has 9 heavy (non-hydrogen) atoms. The van der Waals surface area contributed by atoms with Crippen LogP contribution in [0.15, 0.2) is 0 Å². The number of rotatable bonds is 1. The van der Waals surface area contributed by atoms with Crippen LogP contribution in [0.2, 0.25) is 0 Å². The maximum atomic E-state index is 5.53. The lowest BCUT2D eigenvalue weighted by molar-refractivity contribution is 0.376. The quantitative estimate of drug-likeness (QED) is 0.631. The summed E-state index contributed by atoms with van der Waals surface area (Å²) in [7, 11) is 0. The Balaban J connectivity index is 2.18. The minimum absolute atomic E-state index is 0.778. The van der Waals surface area contributed by atoms with Crippen molar-refractivity contribution < 1.29 is 0 Å². The van der Waals surface area contributed by atoms with Gasteiger partial charge in [0.15, 0.2) is 0 Å². The topological polar surface area (TPSA) is 26.0 Å². The zero-order chi connectivity index (χ0) is 6.69. The number of alkyl halides is 1. The molecular weight excluding hydrogens is 178 g/mol. The molecule has 1 aliphatic rings. The van der Waals surface area contributed by atoms with Crippen molar-refractivity contribution in [3.05, 3.63) is 0 Å². The molecule has 0 unspecified atom stereocenters. The predicted molar refractivity (Wildman–Crippen MR) is 43.7 cm³/mol. The van der Waals surface area contributed by atoms with Crippen LogP contribution in [0.4, 0.5) is 0 Å². The SMILES string of the molecule is NC[C@H]1CC[C@H](Br)CC1. The molecule has 0 heterocycles. The third-order valence-electron chi connectivity index (χ3n) is 2.11. The van der Waals surface area contributed by atoms with Gasteiger partial charge in [-0.1, -0.05) is 15.9 Å². The van der Waals surface area contributed by atoms with Gasteiger partial charge in [-0.25, -0.2) is 0 Å². The van der Waals surface area contributed by atoms with Crippen LogP contribution in [0.25, 0.3) is 0 Å². The van der Waals surface area contributed by atoms with E-state index in [0.29, 0.717) is 0 Å². The third kappa shape index (κ3) is 2.26. The molecule has 1 saturated carbocycles. The van der Waals surface area contributed by atoms with Crippen molar-refractivity contribution >= 4 is 15.9 Å². The van der Waals surface area contributed by atoms with E-state index in [9.17, 15) is 0 Å². The maximum Gasteiger partial charge on any atom is 0.0146 e. The van der Waals surface area contributed by atoms with Gasteiger partial charge in [-0.3, -0.25) is 0 Å². The van der Waals surface area contributed by atoms with E-state index in [1.54, 1.807) is 0 Å². The summed E-state index contributed by atoms with van der Waals surface area (Å²) in [6, 6.07) is 0. The van der Waals surface area contributed by atoms with Gasteiger partial charge in [0.25, 0.3) is 0 Å². The number of nitrogens with two attached hydrogens (primary N) is 1. The highest BCUT2D eigenvalue weighted by atomic mass is 79.9. The molecule has 1 rings (SSSR count). The second kappa shape index (κ2) is 3.57. The van der Waals surface area contributed by atoms with Crippen molar-refractivity contribution in [1.82, 2.24) is 0 Å². The first-order valence-corrected chi connectivity index (χ1v) is 4.58. The summed E-state index contributed by atoms with van der Waals surface area (Å²) in [6.07, 6.45) is 5.29. The van der Waals surface area contributed by atoms with Crippen molar-refractivity contribution in [1.29, 1.82) is 0 Å². The Kier molecular flexibility index (Phi) is 2.99. The summed E-state index contributed by atoms with van der Waals surface area (Å²) in [5, 5.41) is 0. The summed E-state index contributed by atoms with van der Waals surface area (Å²) in [5.41, 5.74) is 5.53. The Hall–Kier alpha value is 0.440. The van der Waals surface area contributed by atoms with E-state index < -0.39 is 0 Å². The van der Waals surface area contributed by atoms with E-state index in [-0.39, 0.29) is 0 Å². The number of hydrogen-bond donors (Lipinski definition) is 1. The largest absolute Gasteiger partial charge is 0.330 e. The van der Waals surface area contributed by atoms with Crippen LogP contribution in [0.5, 0.6) is 0 Å². The van der Waals surface area contributed by atoms with Crippen LogP contribution in [-0.4, -0.2) is 11.4 Å². The highest BCUT2D eigenvalue weighted by molar-refractivity contribution is 9.09. The molecule has 0 aliphatic heterocycles. The first-order valence-electron chi connectivity index (χ1n) is 3.67. The van der Waals surface area contributed by atoms with E-state index >= 15 is 0 Å². The molecular formula is C7H14BrN. The summed E-state index contributed by atoms with van der Waals surface area (Å²) >= 11 is 3.60. The molecule has 0 saturated heterocycles. The Morgan fingerprint density at radius 1 is 1.22 bits per heavy atom. The average Bonchev–Trinajstić information content (AvgIpc) is 1.90. The Bertz CT molecular complexity index is 77.0. The number of halogens is 1. The van der Waals surface area contributed by atoms with Gasteiger partial charge >= 0.3 is 0 Å². The summed E-state index contributed by atoms with van der Waals surface area (Å²) in [6.45, 7) is 0.889. The fraction of sp³-hybridized carbons (Fsp3) is 1.00. The summed E-state index contributed by atoms with van der Waals surface area (Å²) in [5.74, 6) is 0.818. The third-order valence-corrected chi connectivity index (χ3v) is 3.03. The molecule has 54 valence electrons. The zero-order valence-corrected chi connectivity index (χ0v) is 7.23. The highest BCUT2D eigenvalue weighted by Gasteiger charge is 2.17. The van der Waals surface area contributed by atoms with Gasteiger partial charge in [-0.15, -0.1) is 0 Å². The molecule has 0 aromatic rings. The Morgan fingerprint density at radius 3 is 2.22 bits per heavy atom. The molecule has 1 aliphatic carbocycles. The van der Waals surface area contributed by atoms with Gasteiger partial charge in [0, 0.05) is 4.83 Å². The maximum absolute atomic E-state index is 5.53. The molecule has 1 fully saturated rings. The lowest BCUT2D eigenvalue weighted by atomic mass is 9.89. The normalized spacial score (nSPS) is 36.7. The lowest BCUT2D eigenvalue weighted by Crippen LogP contribution is -2.21. The molecule has 0 aromatic heterocycles. The van der Waals surface area contributed by atoms with Crippen LogP contribution in [0, 0.1) is 5.92 Å². The van der Waals surface area contributed by atoms with Gasteiger partial charge in [0.1, 0.15) is 0 Å². The second-order valence-corrected chi connectivity index (χ2v) is 4.15. The van der Waals surface area contributed by atoms with Gasteiger partial charge in [0.2, 0.25) is 0 Å². The highest BCUT2D eigenvalue weighted by Crippen LogP contribution is 2.27. The minimum Gasteiger partial charge on any atom is -0.330 e. The Labute approximate surface area is 65.1 Å². The molecule has 0 bridgehead atoms. The first kappa shape index (κ1) is 7.55. The molecule has 0 atom stereocenters.